The summed E-state index contributed by atoms with van der Waals surface area (Å²) in [7, 11) is 1.69. The van der Waals surface area contributed by atoms with E-state index in [9.17, 15) is 0 Å². The fourth-order valence-electron chi connectivity index (χ4n) is 5.23. The summed E-state index contributed by atoms with van der Waals surface area (Å²) in [5, 5.41) is 14.7. The summed E-state index contributed by atoms with van der Waals surface area (Å²) in [6.07, 6.45) is 5.07. The van der Waals surface area contributed by atoms with E-state index in [0.717, 1.165) is 81.0 Å². The number of aromatic nitrogens is 5. The number of anilines is 2. The molecular formula is C26H28N6O2. The second-order valence-corrected chi connectivity index (χ2v) is 9.30. The molecule has 6 rings (SSSR count). The normalized spacial score (nSPS) is 13.4. The van der Waals surface area contributed by atoms with Crippen molar-refractivity contribution in [2.24, 2.45) is 0 Å². The van der Waals surface area contributed by atoms with Crippen LogP contribution < -0.4 is 10.1 Å². The fourth-order valence-corrected chi connectivity index (χ4v) is 5.23. The van der Waals surface area contributed by atoms with Crippen LogP contribution in [-0.2, 0) is 12.8 Å². The Kier molecular flexibility index (Phi) is 4.65. The van der Waals surface area contributed by atoms with Gasteiger partial charge in [-0.05, 0) is 65.2 Å². The number of aromatic amines is 1. The van der Waals surface area contributed by atoms with Gasteiger partial charge in [0.15, 0.2) is 0 Å². The molecule has 1 aromatic carbocycles. The van der Waals surface area contributed by atoms with Crippen molar-refractivity contribution in [1.82, 2.24) is 24.9 Å². The maximum Gasteiger partial charge on any atom is 0.141 e. The van der Waals surface area contributed by atoms with Crippen molar-refractivity contribution < 1.29 is 9.26 Å². The van der Waals surface area contributed by atoms with Crippen LogP contribution >= 0.6 is 0 Å². The van der Waals surface area contributed by atoms with E-state index in [1.54, 1.807) is 7.11 Å². The Bertz CT molecular complexity index is 1540. The van der Waals surface area contributed by atoms with Crippen molar-refractivity contribution in [3.63, 3.8) is 0 Å². The molecule has 4 heterocycles. The van der Waals surface area contributed by atoms with Gasteiger partial charge in [-0.25, -0.2) is 9.67 Å². The summed E-state index contributed by atoms with van der Waals surface area (Å²) in [5.74, 6) is 3.40. The van der Waals surface area contributed by atoms with Gasteiger partial charge in [0, 0.05) is 34.3 Å². The summed E-state index contributed by atoms with van der Waals surface area (Å²) in [6, 6.07) is 6.45. The van der Waals surface area contributed by atoms with Crippen molar-refractivity contribution in [1.29, 1.82) is 0 Å². The molecule has 0 saturated carbocycles. The number of benzene rings is 1. The Morgan fingerprint density at radius 3 is 2.76 bits per heavy atom. The van der Waals surface area contributed by atoms with Gasteiger partial charge < -0.3 is 19.6 Å². The largest absolute Gasteiger partial charge is 0.496 e. The van der Waals surface area contributed by atoms with Gasteiger partial charge in [0.25, 0.3) is 0 Å². The number of hydrogen-bond donors (Lipinski definition) is 2. The van der Waals surface area contributed by atoms with Crippen molar-refractivity contribution in [3.05, 3.63) is 47.1 Å². The topological polar surface area (TPSA) is 93.8 Å². The van der Waals surface area contributed by atoms with Crippen LogP contribution in [0.1, 0.15) is 49.0 Å². The lowest BCUT2D eigenvalue weighted by Crippen LogP contribution is -2.09. The molecule has 8 heteroatoms. The molecule has 0 atom stereocenters. The third-order valence-corrected chi connectivity index (χ3v) is 6.79. The first-order valence-corrected chi connectivity index (χ1v) is 11.7. The van der Waals surface area contributed by atoms with Crippen molar-refractivity contribution in [2.75, 3.05) is 12.4 Å². The third kappa shape index (κ3) is 3.01. The summed E-state index contributed by atoms with van der Waals surface area (Å²) in [4.78, 5) is 8.32. The predicted molar refractivity (Wildman–Crippen MR) is 133 cm³/mol. The van der Waals surface area contributed by atoms with Crippen LogP contribution in [0.15, 0.2) is 28.9 Å². The Morgan fingerprint density at radius 1 is 1.18 bits per heavy atom. The lowest BCUT2D eigenvalue weighted by Gasteiger charge is -2.15. The number of nitrogens with one attached hydrogen (secondary N) is 2. The zero-order chi connectivity index (χ0) is 23.6. The molecule has 8 nitrogen and oxygen atoms in total. The van der Waals surface area contributed by atoms with Crippen LogP contribution in [0.4, 0.5) is 11.6 Å². The second kappa shape index (κ2) is 7.62. The average molecular weight is 457 g/mol. The lowest BCUT2D eigenvalue weighted by molar-refractivity contribution is 0.393. The molecule has 2 N–H and O–H groups in total. The van der Waals surface area contributed by atoms with Gasteiger partial charge in [-0.15, -0.1) is 0 Å². The minimum absolute atomic E-state index is 0.257. The summed E-state index contributed by atoms with van der Waals surface area (Å²) in [6.45, 7) is 8.19. The van der Waals surface area contributed by atoms with Gasteiger partial charge in [0.05, 0.1) is 35.0 Å². The first kappa shape index (κ1) is 20.8. The first-order chi connectivity index (χ1) is 16.5. The predicted octanol–water partition coefficient (Wildman–Crippen LogP) is 6.01. The molecule has 1 aliphatic carbocycles. The minimum Gasteiger partial charge on any atom is -0.496 e. The Morgan fingerprint density at radius 2 is 2.03 bits per heavy atom. The van der Waals surface area contributed by atoms with E-state index in [0.29, 0.717) is 0 Å². The van der Waals surface area contributed by atoms with Gasteiger partial charge in [-0.1, -0.05) is 5.16 Å². The van der Waals surface area contributed by atoms with Gasteiger partial charge in [0.1, 0.15) is 23.1 Å². The zero-order valence-electron chi connectivity index (χ0n) is 20.1. The summed E-state index contributed by atoms with van der Waals surface area (Å²) in [5.41, 5.74) is 7.29. The number of hydrogen-bond acceptors (Lipinski definition) is 6. The molecule has 34 heavy (non-hydrogen) atoms. The molecule has 1 aliphatic rings. The molecule has 0 fully saturated rings. The summed E-state index contributed by atoms with van der Waals surface area (Å²) < 4.78 is 13.3. The Balaban J connectivity index is 1.55. The monoisotopic (exact) mass is 456 g/mol. The molecule has 0 radical (unpaired) electrons. The van der Waals surface area contributed by atoms with E-state index in [1.807, 2.05) is 26.1 Å². The number of nitrogens with zero attached hydrogens (tertiary/aromatic N) is 4. The highest BCUT2D eigenvalue weighted by Crippen LogP contribution is 2.42. The van der Waals surface area contributed by atoms with E-state index in [1.165, 1.54) is 11.3 Å². The molecule has 0 spiro atoms. The average Bonchev–Trinajstić information content (AvgIpc) is 3.56. The van der Waals surface area contributed by atoms with Crippen LogP contribution in [0.5, 0.6) is 5.75 Å². The Hall–Kier alpha value is -3.81. The van der Waals surface area contributed by atoms with Crippen LogP contribution in [0.25, 0.3) is 32.9 Å². The third-order valence-electron chi connectivity index (χ3n) is 6.79. The molecule has 0 amide bonds. The smallest absolute Gasteiger partial charge is 0.141 e. The van der Waals surface area contributed by atoms with E-state index < -0.39 is 0 Å². The molecule has 5 aromatic rings. The molecule has 174 valence electrons. The highest BCUT2D eigenvalue weighted by molar-refractivity contribution is 6.14. The van der Waals surface area contributed by atoms with E-state index in [2.05, 4.69) is 46.1 Å². The van der Waals surface area contributed by atoms with Gasteiger partial charge in [-0.2, -0.15) is 5.10 Å². The van der Waals surface area contributed by atoms with Crippen molar-refractivity contribution in [3.8, 4) is 16.9 Å². The number of pyridine rings is 1. The first-order valence-electron chi connectivity index (χ1n) is 11.7. The highest BCUT2D eigenvalue weighted by atomic mass is 16.5. The van der Waals surface area contributed by atoms with E-state index >= 15 is 0 Å². The van der Waals surface area contributed by atoms with Crippen molar-refractivity contribution in [2.45, 2.75) is 53.0 Å². The minimum atomic E-state index is 0.257. The second-order valence-electron chi connectivity index (χ2n) is 9.30. The molecular weight excluding hydrogens is 428 g/mol. The van der Waals surface area contributed by atoms with Crippen LogP contribution in [0.2, 0.25) is 0 Å². The SMILES string of the molecule is COc1cc2c(cc1-c1c(C)noc1C)[nH]c1ccnc(Nc3c4c(nn3C(C)C)CCC4)c12. The molecule has 0 bridgehead atoms. The zero-order valence-corrected chi connectivity index (χ0v) is 20.1. The molecule has 0 unspecified atom stereocenters. The van der Waals surface area contributed by atoms with E-state index in [-0.39, 0.29) is 6.04 Å². The van der Waals surface area contributed by atoms with Crippen LogP contribution in [-0.4, -0.2) is 32.0 Å². The van der Waals surface area contributed by atoms with Gasteiger partial charge in [-0.3, -0.25) is 0 Å². The number of H-pyrrole nitrogens is 1. The van der Waals surface area contributed by atoms with Crippen LogP contribution in [0.3, 0.4) is 0 Å². The number of fused-ring (bicyclic) bond motifs is 4. The fraction of sp³-hybridized carbons (Fsp3) is 0.346. The van der Waals surface area contributed by atoms with Gasteiger partial charge >= 0.3 is 0 Å². The summed E-state index contributed by atoms with van der Waals surface area (Å²) >= 11 is 0. The van der Waals surface area contributed by atoms with E-state index in [4.69, 9.17) is 19.3 Å². The molecule has 0 aliphatic heterocycles. The lowest BCUT2D eigenvalue weighted by atomic mass is 10.0. The number of aryl methyl sites for hydroxylation is 3. The molecule has 0 saturated heterocycles. The van der Waals surface area contributed by atoms with Crippen LogP contribution in [0, 0.1) is 13.8 Å². The number of rotatable bonds is 5. The highest BCUT2D eigenvalue weighted by Gasteiger charge is 2.25. The van der Waals surface area contributed by atoms with Crippen molar-refractivity contribution >= 4 is 33.4 Å². The number of methoxy groups -OCH3 is 1. The van der Waals surface area contributed by atoms with Gasteiger partial charge in [0.2, 0.25) is 0 Å². The molecule has 4 aromatic heterocycles. The Labute approximate surface area is 197 Å². The quantitative estimate of drug-likeness (QED) is 0.337. The number of ether oxygens (including phenoxy) is 1. The maximum absolute atomic E-state index is 5.82. The maximum atomic E-state index is 5.82. The standard InChI is InChI=1S/C26H28N6O2/c1-13(2)32-26(16-7-6-8-19(16)30-32)29-25-24-17-12-22(33-5)18(23-14(3)31-34-15(23)4)11-21(17)28-20(24)9-10-27-25/h9-13,28H,6-8H2,1-5H3,(H,27,29).